The highest BCUT2D eigenvalue weighted by atomic mass is 19.1. The van der Waals surface area contributed by atoms with Crippen LogP contribution >= 0.6 is 0 Å². The molecular formula is C13H13F2N3O. The van der Waals surface area contributed by atoms with Crippen molar-refractivity contribution in [3.05, 3.63) is 48.6 Å². The highest BCUT2D eigenvalue weighted by Gasteiger charge is 2.12. The molecular weight excluding hydrogens is 252 g/mol. The molecule has 0 saturated carbocycles. The zero-order valence-electron chi connectivity index (χ0n) is 10.3. The third kappa shape index (κ3) is 3.37. The zero-order chi connectivity index (χ0) is 13.8. The molecule has 1 aromatic carbocycles. The predicted octanol–water partition coefficient (Wildman–Crippen LogP) is 2.75. The Labute approximate surface area is 109 Å². The number of rotatable bonds is 4. The number of aromatic nitrogens is 2. The molecule has 4 nitrogen and oxygen atoms in total. The van der Waals surface area contributed by atoms with E-state index in [-0.39, 0.29) is 24.1 Å². The lowest BCUT2D eigenvalue weighted by molar-refractivity contribution is -0.116. The minimum Gasteiger partial charge on any atom is -0.334 e. The Bertz CT molecular complexity index is 569. The molecule has 0 unspecified atom stereocenters. The largest absolute Gasteiger partial charge is 0.334 e. The van der Waals surface area contributed by atoms with Crippen LogP contribution in [0.1, 0.15) is 19.4 Å². The molecule has 0 aliphatic carbocycles. The van der Waals surface area contributed by atoms with Crippen LogP contribution in [0.4, 0.5) is 14.5 Å². The third-order valence-corrected chi connectivity index (χ3v) is 2.72. The Hall–Kier alpha value is -2.24. The maximum Gasteiger partial charge on any atom is 0.226 e. The fourth-order valence-electron chi connectivity index (χ4n) is 1.70. The molecule has 0 radical (unpaired) electrons. The van der Waals surface area contributed by atoms with E-state index in [9.17, 15) is 13.6 Å². The second-order valence-corrected chi connectivity index (χ2v) is 4.24. The number of amides is 1. The molecule has 19 heavy (non-hydrogen) atoms. The molecule has 1 heterocycles. The van der Waals surface area contributed by atoms with E-state index in [0.717, 1.165) is 12.1 Å². The van der Waals surface area contributed by atoms with Gasteiger partial charge >= 0.3 is 0 Å². The molecule has 0 bridgehead atoms. The van der Waals surface area contributed by atoms with E-state index < -0.39 is 11.6 Å². The van der Waals surface area contributed by atoms with E-state index >= 15 is 0 Å². The van der Waals surface area contributed by atoms with Gasteiger partial charge < -0.3 is 9.88 Å². The molecule has 2 rings (SSSR count). The van der Waals surface area contributed by atoms with E-state index in [4.69, 9.17) is 0 Å². The smallest absolute Gasteiger partial charge is 0.226 e. The molecule has 0 aliphatic heterocycles. The van der Waals surface area contributed by atoms with E-state index in [1.54, 1.807) is 23.3 Å². The van der Waals surface area contributed by atoms with Crippen LogP contribution in [-0.4, -0.2) is 15.5 Å². The van der Waals surface area contributed by atoms with Gasteiger partial charge in [-0.2, -0.15) is 0 Å². The lowest BCUT2D eigenvalue weighted by atomic mass is 10.2. The van der Waals surface area contributed by atoms with Crippen molar-refractivity contribution in [2.75, 3.05) is 5.32 Å². The highest BCUT2D eigenvalue weighted by molar-refractivity contribution is 5.91. The van der Waals surface area contributed by atoms with Crippen molar-refractivity contribution < 1.29 is 13.6 Å². The summed E-state index contributed by atoms with van der Waals surface area (Å²) in [6, 6.07) is 2.93. The lowest BCUT2D eigenvalue weighted by Gasteiger charge is -2.13. The van der Waals surface area contributed by atoms with Gasteiger partial charge in [-0.15, -0.1) is 0 Å². The van der Waals surface area contributed by atoms with E-state index in [1.807, 2.05) is 6.92 Å². The molecule has 0 fully saturated rings. The summed E-state index contributed by atoms with van der Waals surface area (Å²) >= 11 is 0. The molecule has 6 heteroatoms. The minimum absolute atomic E-state index is 0.0239. The minimum atomic E-state index is -0.788. The molecule has 1 aromatic heterocycles. The van der Waals surface area contributed by atoms with Crippen molar-refractivity contribution in [3.8, 4) is 0 Å². The van der Waals surface area contributed by atoms with Gasteiger partial charge in [-0.25, -0.2) is 13.8 Å². The number of hydrogen-bond acceptors (Lipinski definition) is 2. The molecule has 0 saturated heterocycles. The van der Waals surface area contributed by atoms with Gasteiger partial charge in [0.05, 0.1) is 12.0 Å². The monoisotopic (exact) mass is 265 g/mol. The summed E-state index contributed by atoms with van der Waals surface area (Å²) < 4.78 is 27.8. The van der Waals surface area contributed by atoms with Crippen molar-refractivity contribution in [2.24, 2.45) is 0 Å². The van der Waals surface area contributed by atoms with E-state index in [2.05, 4.69) is 10.3 Å². The number of carbonyl (C=O) groups is 1. The molecule has 100 valence electrons. The second-order valence-electron chi connectivity index (χ2n) is 4.24. The third-order valence-electron chi connectivity index (χ3n) is 2.72. The number of benzene rings is 1. The molecule has 0 spiro atoms. The predicted molar refractivity (Wildman–Crippen MR) is 66.5 cm³/mol. The van der Waals surface area contributed by atoms with Crippen molar-refractivity contribution in [2.45, 2.75) is 19.4 Å². The Kier molecular flexibility index (Phi) is 3.89. The molecule has 0 aliphatic rings. The quantitative estimate of drug-likeness (QED) is 0.924. The van der Waals surface area contributed by atoms with E-state index in [1.165, 1.54) is 6.07 Å². The fraction of sp³-hybridized carbons (Fsp3) is 0.231. The molecule has 2 aromatic rings. The zero-order valence-corrected chi connectivity index (χ0v) is 10.3. The summed E-state index contributed by atoms with van der Waals surface area (Å²) in [5.74, 6) is -1.81. The van der Waals surface area contributed by atoms with Gasteiger partial charge in [-0.1, -0.05) is 0 Å². The van der Waals surface area contributed by atoms with Crippen LogP contribution in [-0.2, 0) is 4.79 Å². The maximum absolute atomic E-state index is 13.4. The Morgan fingerprint density at radius 1 is 1.47 bits per heavy atom. The van der Waals surface area contributed by atoms with Gasteiger partial charge in [0, 0.05) is 30.9 Å². The first-order valence-electron chi connectivity index (χ1n) is 5.78. The average molecular weight is 265 g/mol. The number of nitrogens with zero attached hydrogens (tertiary/aromatic N) is 2. The second kappa shape index (κ2) is 5.60. The molecule has 1 amide bonds. The van der Waals surface area contributed by atoms with Gasteiger partial charge in [0.2, 0.25) is 5.91 Å². The fourth-order valence-corrected chi connectivity index (χ4v) is 1.70. The Morgan fingerprint density at radius 3 is 2.89 bits per heavy atom. The number of halogens is 2. The van der Waals surface area contributed by atoms with Crippen LogP contribution in [0, 0.1) is 11.6 Å². The number of hydrogen-bond donors (Lipinski definition) is 1. The Morgan fingerprint density at radius 2 is 2.26 bits per heavy atom. The highest BCUT2D eigenvalue weighted by Crippen LogP contribution is 2.17. The average Bonchev–Trinajstić information content (AvgIpc) is 2.86. The Balaban J connectivity index is 1.98. The number of carbonyl (C=O) groups excluding carboxylic acids is 1. The first-order valence-corrected chi connectivity index (χ1v) is 5.78. The van der Waals surface area contributed by atoms with Crippen molar-refractivity contribution in [1.82, 2.24) is 9.55 Å². The van der Waals surface area contributed by atoms with Crippen molar-refractivity contribution in [1.29, 1.82) is 0 Å². The molecule has 1 atom stereocenters. The SMILES string of the molecule is C[C@H](CC(=O)Nc1ccc(F)cc1F)n1ccnc1. The summed E-state index contributed by atoms with van der Waals surface area (Å²) in [6.07, 6.45) is 5.15. The topological polar surface area (TPSA) is 46.9 Å². The van der Waals surface area contributed by atoms with Crippen LogP contribution in [0.3, 0.4) is 0 Å². The van der Waals surface area contributed by atoms with Gasteiger partial charge in [0.1, 0.15) is 11.6 Å². The number of imidazole rings is 1. The van der Waals surface area contributed by atoms with Crippen molar-refractivity contribution in [3.63, 3.8) is 0 Å². The van der Waals surface area contributed by atoms with Crippen LogP contribution < -0.4 is 5.32 Å². The number of anilines is 1. The lowest BCUT2D eigenvalue weighted by Crippen LogP contribution is -2.17. The summed E-state index contributed by atoms with van der Waals surface area (Å²) in [5, 5.41) is 2.42. The van der Waals surface area contributed by atoms with Crippen molar-refractivity contribution >= 4 is 11.6 Å². The van der Waals surface area contributed by atoms with Gasteiger partial charge in [-0.3, -0.25) is 4.79 Å². The summed E-state index contributed by atoms with van der Waals surface area (Å²) in [4.78, 5) is 15.6. The van der Waals surface area contributed by atoms with Gasteiger partial charge in [0.15, 0.2) is 0 Å². The van der Waals surface area contributed by atoms with Gasteiger partial charge in [0.25, 0.3) is 0 Å². The maximum atomic E-state index is 13.4. The van der Waals surface area contributed by atoms with Crippen LogP contribution in [0.5, 0.6) is 0 Å². The first kappa shape index (κ1) is 13.2. The summed E-state index contributed by atoms with van der Waals surface area (Å²) in [7, 11) is 0. The van der Waals surface area contributed by atoms with Gasteiger partial charge in [-0.05, 0) is 19.1 Å². The summed E-state index contributed by atoms with van der Waals surface area (Å²) in [5.41, 5.74) is -0.0239. The summed E-state index contributed by atoms with van der Waals surface area (Å²) in [6.45, 7) is 1.85. The van der Waals surface area contributed by atoms with E-state index in [0.29, 0.717) is 0 Å². The number of nitrogens with one attached hydrogen (secondary N) is 1. The standard InChI is InChI=1S/C13H13F2N3O/c1-9(18-5-4-16-8-18)6-13(19)17-12-3-2-10(14)7-11(12)15/h2-5,7-9H,6H2,1H3,(H,17,19)/t9-/m1/s1. The van der Waals surface area contributed by atoms with Crippen LogP contribution in [0.15, 0.2) is 36.9 Å². The van der Waals surface area contributed by atoms with Crippen LogP contribution in [0.2, 0.25) is 0 Å². The normalized spacial score (nSPS) is 12.2. The van der Waals surface area contributed by atoms with Crippen LogP contribution in [0.25, 0.3) is 0 Å². The molecule has 1 N–H and O–H groups in total. The first-order chi connectivity index (χ1) is 9.06.